The third-order valence-corrected chi connectivity index (χ3v) is 2.69. The molecule has 0 aliphatic heterocycles. The first kappa shape index (κ1) is 13.2. The molecule has 0 amide bonds. The van der Waals surface area contributed by atoms with Crippen molar-refractivity contribution in [2.75, 3.05) is 14.2 Å². The summed E-state index contributed by atoms with van der Waals surface area (Å²) in [5, 5.41) is 4.33. The molecule has 1 atom stereocenters. The van der Waals surface area contributed by atoms with Gasteiger partial charge in [-0.1, -0.05) is 0 Å². The first-order valence-corrected chi connectivity index (χ1v) is 5.60. The number of hydrogen-bond acceptors (Lipinski definition) is 7. The maximum Gasteiger partial charge on any atom is 0.237 e. The Hall–Kier alpha value is -2.19. The van der Waals surface area contributed by atoms with E-state index >= 15 is 0 Å². The van der Waals surface area contributed by atoms with E-state index in [0.29, 0.717) is 23.1 Å². The summed E-state index contributed by atoms with van der Waals surface area (Å²) in [7, 11) is 4.89. The first-order chi connectivity index (χ1) is 9.21. The van der Waals surface area contributed by atoms with Crippen LogP contribution in [0, 0.1) is 0 Å². The van der Waals surface area contributed by atoms with Gasteiger partial charge < -0.3 is 9.47 Å². The molecular weight excluding hydrogens is 248 g/mol. The summed E-state index contributed by atoms with van der Waals surface area (Å²) in [6.07, 6.45) is 3.12. The second-order valence-electron chi connectivity index (χ2n) is 3.79. The molecular formula is C11H16N6O2. The van der Waals surface area contributed by atoms with Gasteiger partial charge >= 0.3 is 0 Å². The zero-order chi connectivity index (χ0) is 13.8. The fraction of sp³-hybridized carbons (Fsp3) is 0.364. The average Bonchev–Trinajstić information content (AvgIpc) is 2.81. The first-order valence-electron chi connectivity index (χ1n) is 5.60. The molecule has 19 heavy (non-hydrogen) atoms. The number of ether oxygens (including phenoxy) is 2. The Balaban J connectivity index is 2.43. The van der Waals surface area contributed by atoms with Crippen molar-refractivity contribution >= 4 is 0 Å². The van der Waals surface area contributed by atoms with E-state index in [1.54, 1.807) is 37.3 Å². The van der Waals surface area contributed by atoms with Gasteiger partial charge in [-0.15, -0.1) is 0 Å². The number of aryl methyl sites for hydroxylation is 1. The third-order valence-electron chi connectivity index (χ3n) is 2.69. The molecule has 3 N–H and O–H groups in total. The van der Waals surface area contributed by atoms with Crippen LogP contribution in [0.4, 0.5) is 0 Å². The lowest BCUT2D eigenvalue weighted by Gasteiger charge is -2.14. The number of rotatable bonds is 5. The van der Waals surface area contributed by atoms with E-state index in [-0.39, 0.29) is 0 Å². The summed E-state index contributed by atoms with van der Waals surface area (Å²) in [6, 6.07) is 1.34. The topological polar surface area (TPSA) is 100 Å². The van der Waals surface area contributed by atoms with Crippen molar-refractivity contribution in [3.63, 3.8) is 0 Å². The lowest BCUT2D eigenvalue weighted by Crippen LogP contribution is -2.30. The molecule has 0 bridgehead atoms. The predicted octanol–water partition coefficient (Wildman–Crippen LogP) is -0.220. The summed E-state index contributed by atoms with van der Waals surface area (Å²) < 4.78 is 12.0. The van der Waals surface area contributed by atoms with Gasteiger partial charge in [0.25, 0.3) is 0 Å². The molecule has 2 aromatic rings. The number of nitrogens with one attached hydrogen (secondary N) is 1. The van der Waals surface area contributed by atoms with Gasteiger partial charge in [-0.25, -0.2) is 15.1 Å². The van der Waals surface area contributed by atoms with Crippen LogP contribution < -0.4 is 20.7 Å². The van der Waals surface area contributed by atoms with E-state index in [9.17, 15) is 0 Å². The Morgan fingerprint density at radius 2 is 2.00 bits per heavy atom. The van der Waals surface area contributed by atoms with Crippen LogP contribution >= 0.6 is 0 Å². The Bertz CT molecular complexity index is 556. The largest absolute Gasteiger partial charge is 0.481 e. The number of nitrogens with two attached hydrogens (primary N) is 1. The minimum Gasteiger partial charge on any atom is -0.481 e. The molecule has 102 valence electrons. The van der Waals surface area contributed by atoms with Gasteiger partial charge in [0.1, 0.15) is 11.7 Å². The fourth-order valence-corrected chi connectivity index (χ4v) is 1.80. The van der Waals surface area contributed by atoms with Crippen LogP contribution in [0.15, 0.2) is 18.5 Å². The van der Waals surface area contributed by atoms with Crippen molar-refractivity contribution < 1.29 is 9.47 Å². The Labute approximate surface area is 110 Å². The van der Waals surface area contributed by atoms with Crippen LogP contribution in [-0.2, 0) is 7.05 Å². The minimum atomic E-state index is -0.432. The van der Waals surface area contributed by atoms with Gasteiger partial charge in [-0.3, -0.25) is 10.8 Å². The highest BCUT2D eigenvalue weighted by atomic mass is 16.5. The summed E-state index contributed by atoms with van der Waals surface area (Å²) in [6.45, 7) is 0. The van der Waals surface area contributed by atoms with E-state index in [4.69, 9.17) is 15.3 Å². The minimum absolute atomic E-state index is 0.398. The molecule has 0 aliphatic rings. The number of aromatic nitrogens is 4. The SMILES string of the molecule is COc1nccnc1C(NN)c1cc(OC)n(C)n1. The highest BCUT2D eigenvalue weighted by Gasteiger charge is 2.23. The predicted molar refractivity (Wildman–Crippen MR) is 67.5 cm³/mol. The molecule has 0 fully saturated rings. The van der Waals surface area contributed by atoms with Crippen molar-refractivity contribution in [3.05, 3.63) is 29.8 Å². The van der Waals surface area contributed by atoms with Gasteiger partial charge in [0.05, 0.1) is 19.9 Å². The number of hydrogen-bond donors (Lipinski definition) is 2. The summed E-state index contributed by atoms with van der Waals surface area (Å²) >= 11 is 0. The normalized spacial score (nSPS) is 12.2. The molecule has 0 saturated carbocycles. The molecule has 8 nitrogen and oxygen atoms in total. The molecule has 0 spiro atoms. The molecule has 2 heterocycles. The highest BCUT2D eigenvalue weighted by molar-refractivity contribution is 5.31. The van der Waals surface area contributed by atoms with Gasteiger partial charge in [0, 0.05) is 25.5 Å². The second kappa shape index (κ2) is 5.63. The van der Waals surface area contributed by atoms with Crippen molar-refractivity contribution in [3.8, 4) is 11.8 Å². The quantitative estimate of drug-likeness (QED) is 0.568. The Kier molecular flexibility index (Phi) is 3.93. The van der Waals surface area contributed by atoms with Gasteiger partial charge in [0.2, 0.25) is 11.8 Å². The standard InChI is InChI=1S/C11H16N6O2/c1-17-8(18-2)6-7(16-17)9(15-12)10-11(19-3)14-5-4-13-10/h4-6,9,15H,12H2,1-3H3. The Morgan fingerprint density at radius 1 is 1.26 bits per heavy atom. The maximum atomic E-state index is 5.60. The van der Waals surface area contributed by atoms with Crippen molar-refractivity contribution in [2.24, 2.45) is 12.9 Å². The maximum absolute atomic E-state index is 5.60. The average molecular weight is 264 g/mol. The summed E-state index contributed by atoms with van der Waals surface area (Å²) in [5.74, 6) is 6.62. The summed E-state index contributed by atoms with van der Waals surface area (Å²) in [4.78, 5) is 8.34. The summed E-state index contributed by atoms with van der Waals surface area (Å²) in [5.41, 5.74) is 3.89. The number of nitrogens with zero attached hydrogens (tertiary/aromatic N) is 4. The van der Waals surface area contributed by atoms with Crippen LogP contribution in [0.3, 0.4) is 0 Å². The van der Waals surface area contributed by atoms with E-state index in [1.165, 1.54) is 7.11 Å². The Morgan fingerprint density at radius 3 is 2.58 bits per heavy atom. The smallest absolute Gasteiger partial charge is 0.237 e. The van der Waals surface area contributed by atoms with Crippen LogP contribution in [0.5, 0.6) is 11.8 Å². The van der Waals surface area contributed by atoms with E-state index in [1.807, 2.05) is 0 Å². The molecule has 2 rings (SSSR count). The molecule has 2 aromatic heterocycles. The van der Waals surface area contributed by atoms with Crippen molar-refractivity contribution in [1.82, 2.24) is 25.2 Å². The zero-order valence-corrected chi connectivity index (χ0v) is 11.0. The zero-order valence-electron chi connectivity index (χ0n) is 11.0. The lowest BCUT2D eigenvalue weighted by molar-refractivity contribution is 0.373. The molecule has 0 radical (unpaired) electrons. The lowest BCUT2D eigenvalue weighted by atomic mass is 10.1. The molecule has 8 heteroatoms. The van der Waals surface area contributed by atoms with Crippen LogP contribution in [0.2, 0.25) is 0 Å². The van der Waals surface area contributed by atoms with Gasteiger partial charge in [-0.2, -0.15) is 5.10 Å². The molecule has 1 unspecified atom stereocenters. The fourth-order valence-electron chi connectivity index (χ4n) is 1.80. The van der Waals surface area contributed by atoms with Gasteiger partial charge in [-0.05, 0) is 0 Å². The molecule has 0 aromatic carbocycles. The molecule has 0 aliphatic carbocycles. The van der Waals surface area contributed by atoms with Crippen LogP contribution in [0.25, 0.3) is 0 Å². The number of methoxy groups -OCH3 is 2. The van der Waals surface area contributed by atoms with Crippen molar-refractivity contribution in [1.29, 1.82) is 0 Å². The van der Waals surface area contributed by atoms with Crippen LogP contribution in [-0.4, -0.2) is 34.0 Å². The van der Waals surface area contributed by atoms with E-state index in [2.05, 4.69) is 20.5 Å². The third kappa shape index (κ3) is 2.49. The second-order valence-corrected chi connectivity index (χ2v) is 3.79. The van der Waals surface area contributed by atoms with E-state index < -0.39 is 6.04 Å². The van der Waals surface area contributed by atoms with E-state index in [0.717, 1.165) is 0 Å². The number of hydrazine groups is 1. The van der Waals surface area contributed by atoms with Gasteiger partial charge in [0.15, 0.2) is 0 Å². The van der Waals surface area contributed by atoms with Crippen molar-refractivity contribution in [2.45, 2.75) is 6.04 Å². The monoisotopic (exact) mass is 264 g/mol. The highest BCUT2D eigenvalue weighted by Crippen LogP contribution is 2.26. The van der Waals surface area contributed by atoms with Crippen LogP contribution in [0.1, 0.15) is 17.4 Å². The molecule has 0 saturated heterocycles.